The lowest BCUT2D eigenvalue weighted by Gasteiger charge is -2.16. The summed E-state index contributed by atoms with van der Waals surface area (Å²) < 4.78 is 5.43. The first kappa shape index (κ1) is 14.6. The van der Waals surface area contributed by atoms with Crippen LogP contribution in [0.3, 0.4) is 0 Å². The Morgan fingerprint density at radius 2 is 2.10 bits per heavy atom. The molecule has 1 aromatic carbocycles. The third kappa shape index (κ3) is 2.85. The number of aryl methyl sites for hydroxylation is 1. The molecule has 0 amide bonds. The highest BCUT2D eigenvalue weighted by Crippen LogP contribution is 2.31. The number of nitrogens with two attached hydrogens (primary N) is 1. The molecule has 1 atom stereocenters. The summed E-state index contributed by atoms with van der Waals surface area (Å²) in [6.45, 7) is 6.98. The molecule has 1 aromatic heterocycles. The summed E-state index contributed by atoms with van der Waals surface area (Å²) in [5.74, 6) is 2.50. The van der Waals surface area contributed by atoms with E-state index in [-0.39, 0.29) is 5.92 Å². The van der Waals surface area contributed by atoms with Gasteiger partial charge in [-0.15, -0.1) is 0 Å². The van der Waals surface area contributed by atoms with E-state index in [1.807, 2.05) is 18.3 Å². The molecule has 3 N–H and O–H groups in total. The summed E-state index contributed by atoms with van der Waals surface area (Å²) in [5, 5.41) is 0. The number of nitrogens with zero attached hydrogens (tertiary/aromatic N) is 1. The second-order valence-electron chi connectivity index (χ2n) is 5.47. The average molecular weight is 273 g/mol. The van der Waals surface area contributed by atoms with Gasteiger partial charge in [-0.1, -0.05) is 25.5 Å². The molecular weight excluding hydrogens is 250 g/mol. The van der Waals surface area contributed by atoms with Gasteiger partial charge in [0.2, 0.25) is 0 Å². The maximum Gasteiger partial charge on any atom is 0.128 e. The fourth-order valence-corrected chi connectivity index (χ4v) is 2.39. The van der Waals surface area contributed by atoms with Crippen molar-refractivity contribution in [3.05, 3.63) is 35.8 Å². The Morgan fingerprint density at radius 1 is 1.35 bits per heavy atom. The van der Waals surface area contributed by atoms with E-state index in [9.17, 15) is 0 Å². The lowest BCUT2D eigenvalue weighted by atomic mass is 9.95. The maximum atomic E-state index is 5.85. The first-order valence-corrected chi connectivity index (χ1v) is 6.96. The number of H-pyrrole nitrogens is 1. The number of aromatic amines is 1. The Labute approximate surface area is 120 Å². The Balaban J connectivity index is 2.40. The van der Waals surface area contributed by atoms with Crippen LogP contribution < -0.4 is 10.5 Å². The molecule has 0 radical (unpaired) electrons. The van der Waals surface area contributed by atoms with Crippen LogP contribution in [0.2, 0.25) is 0 Å². The number of rotatable bonds is 5. The standard InChI is InChI=1S/C16H23N3O/c1-10(2)13(8-17)16-18-9-14(19-16)12-7-11(3)5-6-15(12)20-4/h5-7,9-10,13H,8,17H2,1-4H3,(H,18,19). The average Bonchev–Trinajstić information content (AvgIpc) is 2.88. The van der Waals surface area contributed by atoms with Crippen LogP contribution in [0.25, 0.3) is 11.3 Å². The largest absolute Gasteiger partial charge is 0.496 e. The maximum absolute atomic E-state index is 5.85. The molecule has 0 saturated carbocycles. The van der Waals surface area contributed by atoms with E-state index in [2.05, 4.69) is 36.8 Å². The Kier molecular flexibility index (Phi) is 4.45. The fraction of sp³-hybridized carbons (Fsp3) is 0.438. The van der Waals surface area contributed by atoms with Gasteiger partial charge in [-0.25, -0.2) is 4.98 Å². The van der Waals surface area contributed by atoms with Crippen molar-refractivity contribution < 1.29 is 4.74 Å². The molecule has 0 bridgehead atoms. The Bertz CT molecular complexity index is 575. The topological polar surface area (TPSA) is 63.9 Å². The van der Waals surface area contributed by atoms with Gasteiger partial charge in [-0.05, 0) is 25.0 Å². The summed E-state index contributed by atoms with van der Waals surface area (Å²) in [7, 11) is 1.68. The van der Waals surface area contributed by atoms with Crippen molar-refractivity contribution in [2.45, 2.75) is 26.7 Å². The second kappa shape index (κ2) is 6.09. The molecule has 4 nitrogen and oxygen atoms in total. The molecule has 1 heterocycles. The van der Waals surface area contributed by atoms with Crippen LogP contribution in [0.15, 0.2) is 24.4 Å². The number of imidazole rings is 1. The van der Waals surface area contributed by atoms with E-state index in [0.29, 0.717) is 12.5 Å². The van der Waals surface area contributed by atoms with Crippen molar-refractivity contribution in [3.63, 3.8) is 0 Å². The minimum absolute atomic E-state index is 0.250. The van der Waals surface area contributed by atoms with E-state index in [1.165, 1.54) is 5.56 Å². The van der Waals surface area contributed by atoms with Crippen LogP contribution in [-0.4, -0.2) is 23.6 Å². The fourth-order valence-electron chi connectivity index (χ4n) is 2.39. The summed E-state index contributed by atoms with van der Waals surface area (Å²) in [6.07, 6.45) is 1.86. The van der Waals surface area contributed by atoms with Gasteiger partial charge in [0.25, 0.3) is 0 Å². The van der Waals surface area contributed by atoms with Gasteiger partial charge in [-0.2, -0.15) is 0 Å². The van der Waals surface area contributed by atoms with Crippen LogP contribution in [0, 0.1) is 12.8 Å². The molecule has 4 heteroatoms. The minimum Gasteiger partial charge on any atom is -0.496 e. The van der Waals surface area contributed by atoms with Crippen molar-refractivity contribution in [2.75, 3.05) is 13.7 Å². The van der Waals surface area contributed by atoms with Crippen molar-refractivity contribution in [1.82, 2.24) is 9.97 Å². The number of benzene rings is 1. The number of nitrogens with one attached hydrogen (secondary N) is 1. The van der Waals surface area contributed by atoms with Crippen LogP contribution in [-0.2, 0) is 0 Å². The quantitative estimate of drug-likeness (QED) is 0.880. The zero-order valence-corrected chi connectivity index (χ0v) is 12.6. The highest BCUT2D eigenvalue weighted by atomic mass is 16.5. The van der Waals surface area contributed by atoms with Crippen LogP contribution in [0.4, 0.5) is 0 Å². The molecule has 0 aliphatic carbocycles. The van der Waals surface area contributed by atoms with Crippen LogP contribution in [0.1, 0.15) is 31.2 Å². The van der Waals surface area contributed by atoms with Crippen LogP contribution in [0.5, 0.6) is 5.75 Å². The first-order valence-electron chi connectivity index (χ1n) is 6.96. The lowest BCUT2D eigenvalue weighted by Crippen LogP contribution is -2.19. The summed E-state index contributed by atoms with van der Waals surface area (Å²) >= 11 is 0. The summed E-state index contributed by atoms with van der Waals surface area (Å²) in [4.78, 5) is 7.89. The van der Waals surface area contributed by atoms with Gasteiger partial charge in [0.1, 0.15) is 11.6 Å². The number of hydrogen-bond donors (Lipinski definition) is 2. The Morgan fingerprint density at radius 3 is 2.70 bits per heavy atom. The molecule has 108 valence electrons. The van der Waals surface area contributed by atoms with E-state index < -0.39 is 0 Å². The predicted octanol–water partition coefficient (Wildman–Crippen LogP) is 3.09. The number of methoxy groups -OCH3 is 1. The highest BCUT2D eigenvalue weighted by molar-refractivity contribution is 5.67. The minimum atomic E-state index is 0.250. The summed E-state index contributed by atoms with van der Waals surface area (Å²) in [6, 6.07) is 6.12. The molecule has 1 unspecified atom stereocenters. The highest BCUT2D eigenvalue weighted by Gasteiger charge is 2.18. The van der Waals surface area contributed by atoms with Crippen molar-refractivity contribution in [3.8, 4) is 17.0 Å². The summed E-state index contributed by atoms with van der Waals surface area (Å²) in [5.41, 5.74) is 9.05. The monoisotopic (exact) mass is 273 g/mol. The molecule has 0 aliphatic rings. The molecule has 20 heavy (non-hydrogen) atoms. The molecule has 2 rings (SSSR count). The van der Waals surface area contributed by atoms with Crippen molar-refractivity contribution >= 4 is 0 Å². The lowest BCUT2D eigenvalue weighted by molar-refractivity contribution is 0.416. The van der Waals surface area contributed by atoms with Crippen molar-refractivity contribution in [2.24, 2.45) is 11.7 Å². The van der Waals surface area contributed by atoms with Crippen LogP contribution >= 0.6 is 0 Å². The zero-order chi connectivity index (χ0) is 14.7. The molecule has 0 aliphatic heterocycles. The second-order valence-corrected chi connectivity index (χ2v) is 5.47. The number of aromatic nitrogens is 2. The molecule has 0 fully saturated rings. The first-order chi connectivity index (χ1) is 9.56. The molecule has 2 aromatic rings. The van der Waals surface area contributed by atoms with Gasteiger partial charge >= 0.3 is 0 Å². The third-order valence-corrected chi connectivity index (χ3v) is 3.65. The van der Waals surface area contributed by atoms with E-state index in [0.717, 1.165) is 22.8 Å². The normalized spacial score (nSPS) is 12.7. The number of ether oxygens (including phenoxy) is 1. The van der Waals surface area contributed by atoms with Gasteiger partial charge < -0.3 is 15.5 Å². The third-order valence-electron chi connectivity index (χ3n) is 3.65. The predicted molar refractivity (Wildman–Crippen MR) is 81.9 cm³/mol. The molecular formula is C16H23N3O. The van der Waals surface area contributed by atoms with E-state index >= 15 is 0 Å². The van der Waals surface area contributed by atoms with Gasteiger partial charge in [0, 0.05) is 18.0 Å². The van der Waals surface area contributed by atoms with E-state index in [1.54, 1.807) is 7.11 Å². The van der Waals surface area contributed by atoms with E-state index in [4.69, 9.17) is 10.5 Å². The van der Waals surface area contributed by atoms with Gasteiger partial charge in [-0.3, -0.25) is 0 Å². The van der Waals surface area contributed by atoms with Gasteiger partial charge in [0.05, 0.1) is 19.0 Å². The van der Waals surface area contributed by atoms with Crippen molar-refractivity contribution in [1.29, 1.82) is 0 Å². The Hall–Kier alpha value is -1.81. The van der Waals surface area contributed by atoms with Gasteiger partial charge in [0.15, 0.2) is 0 Å². The number of hydrogen-bond acceptors (Lipinski definition) is 3. The molecule has 0 spiro atoms. The SMILES string of the molecule is COc1ccc(C)cc1-c1cnc(C(CN)C(C)C)[nH]1. The smallest absolute Gasteiger partial charge is 0.128 e. The zero-order valence-electron chi connectivity index (χ0n) is 12.6. The molecule has 0 saturated heterocycles.